The van der Waals surface area contributed by atoms with Crippen LogP contribution >= 0.6 is 27.5 Å². The minimum atomic E-state index is -0.472. The zero-order valence-electron chi connectivity index (χ0n) is 6.00. The summed E-state index contributed by atoms with van der Waals surface area (Å²) in [6, 6.07) is 3.09. The van der Waals surface area contributed by atoms with Crippen molar-refractivity contribution in [2.24, 2.45) is 0 Å². The van der Waals surface area contributed by atoms with Crippen LogP contribution in [0.3, 0.4) is 0 Å². The molecule has 0 aliphatic heterocycles. The Kier molecular flexibility index (Phi) is 5.18. The molecule has 0 aromatic heterocycles. The Morgan fingerprint density at radius 2 is 2.08 bits per heavy atom. The fourth-order valence-electron chi connectivity index (χ4n) is 0.696. The van der Waals surface area contributed by atoms with Gasteiger partial charge in [-0.1, -0.05) is 11.6 Å². The van der Waals surface area contributed by atoms with Crippen LogP contribution in [0, 0.1) is 5.82 Å². The molecule has 1 aromatic carbocycles. The van der Waals surface area contributed by atoms with Crippen LogP contribution in [0.4, 0.5) is 4.39 Å². The van der Waals surface area contributed by atoms with Gasteiger partial charge in [-0.2, -0.15) is 0 Å². The van der Waals surface area contributed by atoms with Crippen LogP contribution in [0.1, 0.15) is 0 Å². The van der Waals surface area contributed by atoms with Crippen molar-refractivity contribution in [1.82, 2.24) is 0 Å². The Morgan fingerprint density at radius 1 is 1.50 bits per heavy atom. The largest absolute Gasteiger partial charge is 0.492 e. The van der Waals surface area contributed by atoms with Gasteiger partial charge in [0.2, 0.25) is 0 Å². The van der Waals surface area contributed by atoms with Crippen molar-refractivity contribution in [2.45, 2.75) is 0 Å². The summed E-state index contributed by atoms with van der Waals surface area (Å²) in [6.45, 7) is 0. The maximum Gasteiger partial charge on any atom is 0.180 e. The fourth-order valence-corrected chi connectivity index (χ4v) is 1.23. The summed E-state index contributed by atoms with van der Waals surface area (Å²) in [5.41, 5.74) is 0. The van der Waals surface area contributed by atoms with E-state index in [0.29, 0.717) is 4.47 Å². The Balaban J connectivity index is 0.00000121. The van der Waals surface area contributed by atoms with Crippen LogP contribution in [0.5, 0.6) is 5.75 Å². The predicted octanol–water partition coefficient (Wildman–Crippen LogP) is 3.25. The molecule has 0 saturated carbocycles. The summed E-state index contributed by atoms with van der Waals surface area (Å²) in [5, 5.41) is 0.271. The molecule has 0 spiro atoms. The van der Waals surface area contributed by atoms with E-state index in [1.54, 1.807) is 6.07 Å². The molecule has 0 amide bonds. The third-order valence-electron chi connectivity index (χ3n) is 1.21. The number of hydrogen-bond donors (Lipinski definition) is 0. The van der Waals surface area contributed by atoms with Crippen molar-refractivity contribution >= 4 is 27.5 Å². The van der Waals surface area contributed by atoms with Gasteiger partial charge < -0.3 is 4.74 Å². The molecule has 1 aromatic rings. The van der Waals surface area contributed by atoms with Crippen molar-refractivity contribution in [2.75, 3.05) is 7.11 Å². The number of rotatable bonds is 1. The molecule has 0 N–H and O–H groups in total. The molecule has 0 atom stereocenters. The van der Waals surface area contributed by atoms with Gasteiger partial charge in [0.1, 0.15) is 0 Å². The molecule has 12 heavy (non-hydrogen) atoms. The van der Waals surface area contributed by atoms with Gasteiger partial charge in [0, 0.05) is 17.1 Å². The second-order valence-electron chi connectivity index (χ2n) is 1.88. The topological polar surface area (TPSA) is 9.23 Å². The molecule has 0 heterocycles. The van der Waals surface area contributed by atoms with E-state index in [0.717, 1.165) is 0 Å². The first kappa shape index (κ1) is 12.2. The summed E-state index contributed by atoms with van der Waals surface area (Å²) < 4.78 is 18.1. The maximum absolute atomic E-state index is 13.0. The molecular weight excluding hydrogens is 298 g/mol. The summed E-state index contributed by atoms with van der Waals surface area (Å²) in [5.74, 6) is -0.402. The van der Waals surface area contributed by atoms with E-state index in [2.05, 4.69) is 15.9 Å². The molecule has 1 radical (unpaired) electrons. The fraction of sp³-hybridized carbons (Fsp3) is 0.143. The summed E-state index contributed by atoms with van der Waals surface area (Å²) in [7, 11) is 1.37. The van der Waals surface area contributed by atoms with E-state index in [1.165, 1.54) is 13.2 Å². The van der Waals surface area contributed by atoms with Crippen LogP contribution in [0.25, 0.3) is 0 Å². The molecule has 0 bridgehead atoms. The van der Waals surface area contributed by atoms with Crippen molar-refractivity contribution in [3.8, 4) is 5.75 Å². The van der Waals surface area contributed by atoms with Gasteiger partial charge in [-0.05, 0) is 28.1 Å². The second-order valence-corrected chi connectivity index (χ2v) is 3.14. The molecule has 1 nitrogen and oxygen atoms in total. The van der Waals surface area contributed by atoms with Crippen LogP contribution in [-0.2, 0) is 17.1 Å². The van der Waals surface area contributed by atoms with E-state index >= 15 is 0 Å². The average Bonchev–Trinajstić information content (AvgIpc) is 1.99. The molecule has 0 fully saturated rings. The van der Waals surface area contributed by atoms with Gasteiger partial charge in [-0.3, -0.25) is 0 Å². The standard InChI is InChI=1S/C7H5BrClFO.Cu/c1-11-7-5(9)3-2-4(8)6(7)10;/h2-3H,1H3;. The van der Waals surface area contributed by atoms with E-state index in [9.17, 15) is 4.39 Å². The smallest absolute Gasteiger partial charge is 0.180 e. The van der Waals surface area contributed by atoms with Gasteiger partial charge in [0.05, 0.1) is 16.6 Å². The Labute approximate surface area is 93.8 Å². The third-order valence-corrected chi connectivity index (χ3v) is 2.12. The molecule has 71 valence electrons. The van der Waals surface area contributed by atoms with E-state index < -0.39 is 5.82 Å². The number of methoxy groups -OCH3 is 1. The van der Waals surface area contributed by atoms with Crippen molar-refractivity contribution in [3.63, 3.8) is 0 Å². The molecule has 5 heteroatoms. The zero-order valence-corrected chi connectivity index (χ0v) is 9.28. The normalized spacial score (nSPS) is 9.00. The summed E-state index contributed by atoms with van der Waals surface area (Å²) in [6.07, 6.45) is 0. The molecule has 0 aliphatic carbocycles. The van der Waals surface area contributed by atoms with Crippen molar-refractivity contribution in [3.05, 3.63) is 27.4 Å². The van der Waals surface area contributed by atoms with Crippen molar-refractivity contribution < 1.29 is 26.2 Å². The number of benzene rings is 1. The van der Waals surface area contributed by atoms with Gasteiger partial charge >= 0.3 is 0 Å². The molecule has 0 saturated heterocycles. The Morgan fingerprint density at radius 3 is 2.50 bits per heavy atom. The van der Waals surface area contributed by atoms with Crippen LogP contribution in [0.15, 0.2) is 16.6 Å². The van der Waals surface area contributed by atoms with Gasteiger partial charge in [0.25, 0.3) is 0 Å². The van der Waals surface area contributed by atoms with E-state index in [4.69, 9.17) is 16.3 Å². The number of hydrogen-bond acceptors (Lipinski definition) is 1. The minimum absolute atomic E-state index is 0. The van der Waals surface area contributed by atoms with Crippen molar-refractivity contribution in [1.29, 1.82) is 0 Å². The average molecular weight is 303 g/mol. The first-order chi connectivity index (χ1) is 5.16. The number of ether oxygens (including phenoxy) is 1. The maximum atomic E-state index is 13.0. The number of halogens is 3. The third kappa shape index (κ3) is 2.36. The quantitative estimate of drug-likeness (QED) is 0.571. The van der Waals surface area contributed by atoms with Crippen LogP contribution < -0.4 is 4.74 Å². The Hall–Kier alpha value is 0.239. The SMILES string of the molecule is COc1c(Cl)ccc(Br)c1F.[Cu]. The van der Waals surface area contributed by atoms with E-state index in [1.807, 2.05) is 0 Å². The van der Waals surface area contributed by atoms with Gasteiger partial charge in [-0.15, -0.1) is 0 Å². The van der Waals surface area contributed by atoms with Crippen LogP contribution in [0.2, 0.25) is 5.02 Å². The monoisotopic (exact) mass is 301 g/mol. The first-order valence-electron chi connectivity index (χ1n) is 2.84. The van der Waals surface area contributed by atoms with Gasteiger partial charge in [-0.25, -0.2) is 4.39 Å². The molecular formula is C7H5BrClCuFO. The molecule has 1 rings (SSSR count). The molecule has 0 unspecified atom stereocenters. The summed E-state index contributed by atoms with van der Waals surface area (Å²) >= 11 is 8.62. The van der Waals surface area contributed by atoms with Crippen LogP contribution in [-0.4, -0.2) is 7.11 Å². The first-order valence-corrected chi connectivity index (χ1v) is 4.01. The summed E-state index contributed by atoms with van der Waals surface area (Å²) in [4.78, 5) is 0. The minimum Gasteiger partial charge on any atom is -0.492 e. The van der Waals surface area contributed by atoms with E-state index in [-0.39, 0.29) is 27.8 Å². The Bertz CT molecular complexity index is 282. The predicted molar refractivity (Wildman–Crippen MR) is 45.7 cm³/mol. The zero-order chi connectivity index (χ0) is 8.43. The molecule has 0 aliphatic rings. The second kappa shape index (κ2) is 5.07. The van der Waals surface area contributed by atoms with Gasteiger partial charge in [0.15, 0.2) is 11.6 Å².